The number of likely N-dealkylation sites (tertiary alicyclic amines) is 1. The van der Waals surface area contributed by atoms with Crippen molar-refractivity contribution in [3.05, 3.63) is 47.4 Å². The van der Waals surface area contributed by atoms with Gasteiger partial charge in [0, 0.05) is 30.1 Å². The second kappa shape index (κ2) is 9.18. The van der Waals surface area contributed by atoms with Gasteiger partial charge >= 0.3 is 11.8 Å². The van der Waals surface area contributed by atoms with Gasteiger partial charge in [0.15, 0.2) is 0 Å². The van der Waals surface area contributed by atoms with E-state index < -0.39 is 11.8 Å². The highest BCUT2D eigenvalue weighted by molar-refractivity contribution is 7.18. The number of piperidine rings is 1. The molecule has 10 heteroatoms. The van der Waals surface area contributed by atoms with Crippen molar-refractivity contribution in [2.75, 3.05) is 32.5 Å². The van der Waals surface area contributed by atoms with Gasteiger partial charge in [0.05, 0.1) is 39.9 Å². The Labute approximate surface area is 219 Å². The van der Waals surface area contributed by atoms with Crippen molar-refractivity contribution in [3.8, 4) is 0 Å². The SMILES string of the molecule is C[C@H]1CC[C@H](c2ccc3sc(C4(CN(C)C)CC4)nc3c2)N(C(=O)C(=O)Nc2cncc3cn[nH]c23)C1. The maximum Gasteiger partial charge on any atom is 0.314 e. The normalized spacial score (nSPS) is 21.0. The molecule has 0 unspecified atom stereocenters. The molecule has 1 saturated carbocycles. The van der Waals surface area contributed by atoms with Crippen LogP contribution in [-0.2, 0) is 15.0 Å². The molecule has 2 fully saturated rings. The number of carbonyl (C=O) groups excluding carboxylic acids is 2. The first-order chi connectivity index (χ1) is 17.8. The van der Waals surface area contributed by atoms with Crippen LogP contribution >= 0.6 is 11.3 Å². The number of anilines is 1. The van der Waals surface area contributed by atoms with Gasteiger partial charge in [-0.05, 0) is 63.4 Å². The molecule has 0 spiro atoms. The quantitative estimate of drug-likeness (QED) is 0.386. The molecule has 9 nitrogen and oxygen atoms in total. The Hall–Kier alpha value is -3.37. The molecule has 2 amide bonds. The Kier molecular flexibility index (Phi) is 5.95. The first kappa shape index (κ1) is 24.0. The minimum atomic E-state index is -0.667. The molecule has 37 heavy (non-hydrogen) atoms. The highest BCUT2D eigenvalue weighted by Crippen LogP contribution is 2.50. The summed E-state index contributed by atoms with van der Waals surface area (Å²) >= 11 is 1.78. The van der Waals surface area contributed by atoms with Crippen LogP contribution in [0.5, 0.6) is 0 Å². The molecule has 2 atom stereocenters. The first-order valence-corrected chi connectivity index (χ1v) is 13.6. The van der Waals surface area contributed by atoms with Crippen LogP contribution < -0.4 is 5.32 Å². The predicted molar refractivity (Wildman–Crippen MR) is 144 cm³/mol. The van der Waals surface area contributed by atoms with Crippen LogP contribution in [-0.4, -0.2) is 69.0 Å². The van der Waals surface area contributed by atoms with Gasteiger partial charge in [-0.2, -0.15) is 5.10 Å². The van der Waals surface area contributed by atoms with Crippen molar-refractivity contribution in [1.82, 2.24) is 30.0 Å². The van der Waals surface area contributed by atoms with E-state index in [0.717, 1.165) is 35.9 Å². The molecule has 6 rings (SSSR count). The number of aromatic amines is 1. The van der Waals surface area contributed by atoms with E-state index in [1.807, 2.05) is 0 Å². The van der Waals surface area contributed by atoms with E-state index in [1.165, 1.54) is 28.7 Å². The molecule has 3 aromatic heterocycles. The Balaban J connectivity index is 1.26. The summed E-state index contributed by atoms with van der Waals surface area (Å²) in [6.45, 7) is 3.68. The fraction of sp³-hybridized carbons (Fsp3) is 0.444. The topological polar surface area (TPSA) is 107 Å². The lowest BCUT2D eigenvalue weighted by molar-refractivity contribution is -0.146. The van der Waals surface area contributed by atoms with Crippen molar-refractivity contribution in [1.29, 1.82) is 0 Å². The smallest absolute Gasteiger partial charge is 0.314 e. The number of rotatable bonds is 5. The second-order valence-corrected chi connectivity index (χ2v) is 11.9. The summed E-state index contributed by atoms with van der Waals surface area (Å²) in [7, 11) is 4.23. The Morgan fingerprint density at radius 2 is 2.05 bits per heavy atom. The molecule has 2 N–H and O–H groups in total. The summed E-state index contributed by atoms with van der Waals surface area (Å²) < 4.78 is 1.17. The summed E-state index contributed by atoms with van der Waals surface area (Å²) in [6.07, 6.45) is 8.98. The van der Waals surface area contributed by atoms with Crippen LogP contribution in [0.3, 0.4) is 0 Å². The minimum absolute atomic E-state index is 0.165. The zero-order valence-electron chi connectivity index (χ0n) is 21.3. The summed E-state index contributed by atoms with van der Waals surface area (Å²) in [5.41, 5.74) is 3.28. The number of H-pyrrole nitrogens is 1. The molecule has 4 heterocycles. The van der Waals surface area contributed by atoms with Crippen LogP contribution in [0.4, 0.5) is 5.69 Å². The Morgan fingerprint density at radius 1 is 1.22 bits per heavy atom. The number of nitrogens with one attached hydrogen (secondary N) is 2. The van der Waals surface area contributed by atoms with Gasteiger partial charge < -0.3 is 15.1 Å². The van der Waals surface area contributed by atoms with Crippen molar-refractivity contribution >= 4 is 50.0 Å². The van der Waals surface area contributed by atoms with Gasteiger partial charge in [0.2, 0.25) is 0 Å². The lowest BCUT2D eigenvalue weighted by Gasteiger charge is -2.38. The molecular weight excluding hydrogens is 486 g/mol. The van der Waals surface area contributed by atoms with Crippen molar-refractivity contribution in [2.24, 2.45) is 5.92 Å². The van der Waals surface area contributed by atoms with E-state index in [4.69, 9.17) is 4.98 Å². The van der Waals surface area contributed by atoms with Gasteiger partial charge in [-0.1, -0.05) is 13.0 Å². The van der Waals surface area contributed by atoms with Crippen LogP contribution in [0.2, 0.25) is 0 Å². The number of benzene rings is 1. The molecule has 1 aliphatic heterocycles. The number of hydrogen-bond acceptors (Lipinski definition) is 7. The Bertz CT molecular complexity index is 1490. The lowest BCUT2D eigenvalue weighted by Crippen LogP contribution is -2.46. The summed E-state index contributed by atoms with van der Waals surface area (Å²) in [4.78, 5) is 39.7. The number of amides is 2. The fourth-order valence-electron chi connectivity index (χ4n) is 5.56. The fourth-order valence-corrected chi connectivity index (χ4v) is 6.75. The van der Waals surface area contributed by atoms with Gasteiger partial charge in [0.1, 0.15) is 5.01 Å². The van der Waals surface area contributed by atoms with Crippen LogP contribution in [0.25, 0.3) is 21.1 Å². The van der Waals surface area contributed by atoms with Crippen molar-refractivity contribution in [3.63, 3.8) is 0 Å². The van der Waals surface area contributed by atoms with E-state index in [-0.39, 0.29) is 11.5 Å². The number of aromatic nitrogens is 4. The maximum absolute atomic E-state index is 13.5. The monoisotopic (exact) mass is 517 g/mol. The number of carbonyl (C=O) groups is 2. The van der Waals surface area contributed by atoms with E-state index in [1.54, 1.807) is 28.6 Å². The highest BCUT2D eigenvalue weighted by atomic mass is 32.1. The van der Waals surface area contributed by atoms with E-state index >= 15 is 0 Å². The molecule has 1 aliphatic carbocycles. The standard InChI is InChI=1S/C27H31N7O2S/c1-16-4-6-21(17-5-7-22-19(10-17)31-26(37-22)27(8-9-27)15-33(2)3)34(14-16)25(36)24(35)30-20-13-28-11-18-12-29-32-23(18)20/h5,7,10-13,16,21H,4,6,8-9,14-15H2,1-3H3,(H,29,32)(H,30,35)/t16-,21+/m0/s1. The summed E-state index contributed by atoms with van der Waals surface area (Å²) in [5, 5.41) is 11.6. The molecular formula is C27H31N7O2S. The van der Waals surface area contributed by atoms with Crippen LogP contribution in [0.15, 0.2) is 36.8 Å². The van der Waals surface area contributed by atoms with Gasteiger partial charge in [-0.25, -0.2) is 4.98 Å². The molecule has 0 radical (unpaired) electrons. The first-order valence-electron chi connectivity index (χ1n) is 12.8. The van der Waals surface area contributed by atoms with Gasteiger partial charge in [-0.3, -0.25) is 19.7 Å². The van der Waals surface area contributed by atoms with Crippen LogP contribution in [0, 0.1) is 5.92 Å². The van der Waals surface area contributed by atoms with Crippen LogP contribution in [0.1, 0.15) is 49.2 Å². The second-order valence-electron chi connectivity index (χ2n) is 10.9. The maximum atomic E-state index is 13.5. The third-order valence-corrected chi connectivity index (χ3v) is 8.88. The predicted octanol–water partition coefficient (Wildman–Crippen LogP) is 4.10. The largest absolute Gasteiger partial charge is 0.327 e. The summed E-state index contributed by atoms with van der Waals surface area (Å²) in [5.74, 6) is -0.879. The third-order valence-electron chi connectivity index (χ3n) is 7.60. The molecule has 1 saturated heterocycles. The average molecular weight is 518 g/mol. The number of nitrogens with zero attached hydrogens (tertiary/aromatic N) is 5. The van der Waals surface area contributed by atoms with Gasteiger partial charge in [0.25, 0.3) is 0 Å². The zero-order chi connectivity index (χ0) is 25.7. The molecule has 4 aromatic rings. The highest BCUT2D eigenvalue weighted by Gasteiger charge is 2.47. The number of likely N-dealkylation sites (N-methyl/N-ethyl adjacent to an activating group) is 1. The van der Waals surface area contributed by atoms with Gasteiger partial charge in [-0.15, -0.1) is 11.3 Å². The van der Waals surface area contributed by atoms with E-state index in [2.05, 4.69) is 64.6 Å². The zero-order valence-corrected chi connectivity index (χ0v) is 22.1. The summed E-state index contributed by atoms with van der Waals surface area (Å²) in [6, 6.07) is 6.18. The molecule has 0 bridgehead atoms. The number of thiazole rings is 1. The average Bonchev–Trinajstić information content (AvgIpc) is 3.28. The molecule has 1 aromatic carbocycles. The minimum Gasteiger partial charge on any atom is -0.327 e. The van der Waals surface area contributed by atoms with Crippen molar-refractivity contribution < 1.29 is 9.59 Å². The van der Waals surface area contributed by atoms with Crippen molar-refractivity contribution in [2.45, 2.75) is 44.1 Å². The lowest BCUT2D eigenvalue weighted by atomic mass is 9.89. The van der Waals surface area contributed by atoms with E-state index in [9.17, 15) is 9.59 Å². The Morgan fingerprint density at radius 3 is 2.84 bits per heavy atom. The number of hydrogen-bond donors (Lipinski definition) is 2. The molecule has 2 aliphatic rings. The molecule has 192 valence electrons. The third kappa shape index (κ3) is 4.48. The number of fused-ring (bicyclic) bond motifs is 2. The number of pyridine rings is 1. The van der Waals surface area contributed by atoms with E-state index in [0.29, 0.717) is 23.7 Å².